The number of hydrogen-bond acceptors (Lipinski definition) is 8. The van der Waals surface area contributed by atoms with E-state index in [-0.39, 0.29) is 24.3 Å². The third-order valence-corrected chi connectivity index (χ3v) is 5.15. The van der Waals surface area contributed by atoms with E-state index in [1.54, 1.807) is 13.0 Å². The molecule has 2 aromatic rings. The Bertz CT molecular complexity index is 1110. The average Bonchev–Trinajstić information content (AvgIpc) is 2.97. The second-order valence-corrected chi connectivity index (χ2v) is 7.19. The maximum atomic E-state index is 12.5. The van der Waals surface area contributed by atoms with Crippen LogP contribution in [0.1, 0.15) is 43.6 Å². The summed E-state index contributed by atoms with van der Waals surface area (Å²) in [6, 6.07) is 8.29. The normalized spacial score (nSPS) is 12.5. The monoisotopic (exact) mass is 490 g/mol. The van der Waals surface area contributed by atoms with Gasteiger partial charge in [-0.25, -0.2) is 4.79 Å². The summed E-state index contributed by atoms with van der Waals surface area (Å²) in [6.45, 7) is 1.04. The highest BCUT2D eigenvalue weighted by molar-refractivity contribution is 9.10. The van der Waals surface area contributed by atoms with Crippen LogP contribution < -0.4 is 0 Å². The van der Waals surface area contributed by atoms with Crippen molar-refractivity contribution in [2.24, 2.45) is 0 Å². The quantitative estimate of drug-likeness (QED) is 0.250. The molecule has 11 heteroatoms. The number of nitro benzene ring substituents is 1. The van der Waals surface area contributed by atoms with Crippen LogP contribution in [0.4, 0.5) is 5.69 Å². The van der Waals surface area contributed by atoms with Crippen molar-refractivity contribution in [3.05, 3.63) is 73.2 Å². The molecule has 0 saturated carbocycles. The minimum Gasteiger partial charge on any atom is -0.462 e. The molecular formula is C20H15BrN2O8. The standard InChI is InChI=1S/C20H15BrN2O8/c1-2-30-20(27)11-6-7-12(14(21)8-11)10-31-16(24)9-22-18(25)13-4-3-5-15(23(28)29)17(13)19(22)26/h3-8H,2,9-10H2,1H3. The number of rotatable bonds is 7. The first-order valence-corrected chi connectivity index (χ1v) is 9.78. The van der Waals surface area contributed by atoms with Gasteiger partial charge in [0.25, 0.3) is 17.5 Å². The van der Waals surface area contributed by atoms with E-state index >= 15 is 0 Å². The number of amides is 2. The molecule has 2 amide bonds. The second-order valence-electron chi connectivity index (χ2n) is 6.34. The first-order chi connectivity index (χ1) is 14.7. The van der Waals surface area contributed by atoms with Gasteiger partial charge in [0, 0.05) is 16.1 Å². The first kappa shape index (κ1) is 22.1. The molecule has 1 heterocycles. The molecule has 0 fully saturated rings. The molecule has 0 aliphatic carbocycles. The van der Waals surface area contributed by atoms with E-state index in [0.29, 0.717) is 20.5 Å². The van der Waals surface area contributed by atoms with Crippen molar-refractivity contribution in [3.63, 3.8) is 0 Å². The first-order valence-electron chi connectivity index (χ1n) is 8.99. The molecule has 0 atom stereocenters. The fraction of sp³-hybridized carbons (Fsp3) is 0.200. The Morgan fingerprint density at radius 1 is 1.13 bits per heavy atom. The van der Waals surface area contributed by atoms with Crippen LogP contribution in [0.2, 0.25) is 0 Å². The molecule has 2 aromatic carbocycles. The van der Waals surface area contributed by atoms with E-state index in [2.05, 4.69) is 15.9 Å². The topological polar surface area (TPSA) is 133 Å². The summed E-state index contributed by atoms with van der Waals surface area (Å²) in [5.41, 5.74) is -0.125. The molecule has 0 saturated heterocycles. The number of nitro groups is 1. The van der Waals surface area contributed by atoms with Gasteiger partial charge in [0.2, 0.25) is 0 Å². The highest BCUT2D eigenvalue weighted by atomic mass is 79.9. The number of esters is 2. The zero-order chi connectivity index (χ0) is 22.7. The van der Waals surface area contributed by atoms with Gasteiger partial charge in [-0.2, -0.15) is 0 Å². The lowest BCUT2D eigenvalue weighted by atomic mass is 10.1. The van der Waals surface area contributed by atoms with Gasteiger partial charge in [-0.15, -0.1) is 0 Å². The molecular weight excluding hydrogens is 476 g/mol. The maximum Gasteiger partial charge on any atom is 0.338 e. The van der Waals surface area contributed by atoms with Crippen LogP contribution in [0.15, 0.2) is 40.9 Å². The van der Waals surface area contributed by atoms with Crippen molar-refractivity contribution in [1.29, 1.82) is 0 Å². The van der Waals surface area contributed by atoms with Crippen molar-refractivity contribution in [3.8, 4) is 0 Å². The van der Waals surface area contributed by atoms with Gasteiger partial charge in [-0.3, -0.25) is 29.4 Å². The Morgan fingerprint density at radius 2 is 1.87 bits per heavy atom. The summed E-state index contributed by atoms with van der Waals surface area (Å²) in [4.78, 5) is 59.9. The van der Waals surface area contributed by atoms with E-state index in [9.17, 15) is 29.3 Å². The Hall–Kier alpha value is -3.60. The maximum absolute atomic E-state index is 12.5. The van der Waals surface area contributed by atoms with Crippen molar-refractivity contribution in [2.45, 2.75) is 13.5 Å². The Kier molecular flexibility index (Phi) is 6.44. The number of ether oxygens (including phenoxy) is 2. The molecule has 31 heavy (non-hydrogen) atoms. The molecule has 3 rings (SSSR count). The van der Waals surface area contributed by atoms with Crippen molar-refractivity contribution in [2.75, 3.05) is 13.2 Å². The third-order valence-electron chi connectivity index (χ3n) is 4.41. The number of imide groups is 1. The van der Waals surface area contributed by atoms with Gasteiger partial charge < -0.3 is 9.47 Å². The molecule has 1 aliphatic rings. The lowest BCUT2D eigenvalue weighted by molar-refractivity contribution is -0.385. The molecule has 160 valence electrons. The van der Waals surface area contributed by atoms with Crippen molar-refractivity contribution >= 4 is 45.4 Å². The summed E-state index contributed by atoms with van der Waals surface area (Å²) in [6.07, 6.45) is 0. The van der Waals surface area contributed by atoms with E-state index in [0.717, 1.165) is 6.07 Å². The number of benzene rings is 2. The van der Waals surface area contributed by atoms with Crippen LogP contribution in [0.25, 0.3) is 0 Å². The smallest absolute Gasteiger partial charge is 0.338 e. The van der Waals surface area contributed by atoms with Gasteiger partial charge in [0.1, 0.15) is 18.7 Å². The molecule has 0 bridgehead atoms. The minimum atomic E-state index is -0.927. The van der Waals surface area contributed by atoms with Gasteiger partial charge in [0.05, 0.1) is 22.7 Å². The van der Waals surface area contributed by atoms with Crippen molar-refractivity contribution in [1.82, 2.24) is 4.90 Å². The van der Waals surface area contributed by atoms with E-state index in [1.165, 1.54) is 24.3 Å². The zero-order valence-corrected chi connectivity index (χ0v) is 17.7. The number of nitrogens with zero attached hydrogens (tertiary/aromatic N) is 2. The second kappa shape index (κ2) is 9.04. The van der Waals surface area contributed by atoms with Crippen LogP contribution in [-0.2, 0) is 20.9 Å². The number of carbonyl (C=O) groups is 4. The Labute approximate surface area is 184 Å². The summed E-state index contributed by atoms with van der Waals surface area (Å²) >= 11 is 3.28. The van der Waals surface area contributed by atoms with Gasteiger partial charge in [-0.1, -0.05) is 28.1 Å². The lowest BCUT2D eigenvalue weighted by Crippen LogP contribution is -2.35. The molecule has 0 unspecified atom stereocenters. The highest BCUT2D eigenvalue weighted by Crippen LogP contribution is 2.30. The number of hydrogen-bond donors (Lipinski definition) is 0. The van der Waals surface area contributed by atoms with Gasteiger partial charge in [0.15, 0.2) is 0 Å². The predicted molar refractivity (Wildman–Crippen MR) is 108 cm³/mol. The summed E-state index contributed by atoms with van der Waals surface area (Å²) in [7, 11) is 0. The summed E-state index contributed by atoms with van der Waals surface area (Å²) in [5, 5.41) is 11.1. The molecule has 0 radical (unpaired) electrons. The predicted octanol–water partition coefficient (Wildman–Crippen LogP) is 2.87. The molecule has 0 spiro atoms. The SMILES string of the molecule is CCOC(=O)c1ccc(COC(=O)CN2C(=O)c3cccc([N+](=O)[O-])c3C2=O)c(Br)c1. The van der Waals surface area contributed by atoms with Crippen molar-refractivity contribution < 1.29 is 33.6 Å². The van der Waals surface area contributed by atoms with E-state index in [1.807, 2.05) is 0 Å². The van der Waals surface area contributed by atoms with E-state index in [4.69, 9.17) is 9.47 Å². The number of halogens is 1. The van der Waals surface area contributed by atoms with Crippen LogP contribution in [-0.4, -0.2) is 46.7 Å². The fourth-order valence-electron chi connectivity index (χ4n) is 2.95. The molecule has 0 aromatic heterocycles. The molecule has 10 nitrogen and oxygen atoms in total. The Morgan fingerprint density at radius 3 is 2.52 bits per heavy atom. The lowest BCUT2D eigenvalue weighted by Gasteiger charge is -2.13. The minimum absolute atomic E-state index is 0.135. The average molecular weight is 491 g/mol. The van der Waals surface area contributed by atoms with Crippen LogP contribution in [0, 0.1) is 10.1 Å². The highest BCUT2D eigenvalue weighted by Gasteiger charge is 2.41. The molecule has 1 aliphatic heterocycles. The van der Waals surface area contributed by atoms with Crippen LogP contribution in [0.3, 0.4) is 0 Å². The van der Waals surface area contributed by atoms with Crippen LogP contribution in [0.5, 0.6) is 0 Å². The van der Waals surface area contributed by atoms with Gasteiger partial charge >= 0.3 is 11.9 Å². The molecule has 0 N–H and O–H groups in total. The summed E-state index contributed by atoms with van der Waals surface area (Å²) in [5.74, 6) is -3.10. The zero-order valence-electron chi connectivity index (χ0n) is 16.1. The largest absolute Gasteiger partial charge is 0.462 e. The third kappa shape index (κ3) is 4.45. The summed E-state index contributed by atoms with van der Waals surface area (Å²) < 4.78 is 10.5. The number of fused-ring (bicyclic) bond motifs is 1. The Balaban J connectivity index is 1.66. The number of carbonyl (C=O) groups excluding carboxylic acids is 4. The fourth-order valence-corrected chi connectivity index (χ4v) is 3.44. The van der Waals surface area contributed by atoms with Gasteiger partial charge in [-0.05, 0) is 25.1 Å². The van der Waals surface area contributed by atoms with Crippen LogP contribution >= 0.6 is 15.9 Å². The van der Waals surface area contributed by atoms with E-state index < -0.39 is 40.9 Å².